The molecule has 2 amide bonds. The van der Waals surface area contributed by atoms with Gasteiger partial charge in [-0.2, -0.15) is 0 Å². The molecule has 0 aliphatic rings. The Balaban J connectivity index is 1.82. The number of amides is 2. The van der Waals surface area contributed by atoms with E-state index in [2.05, 4.69) is 31.5 Å². The largest absolute Gasteiger partial charge is 0.350 e. The second-order valence-corrected chi connectivity index (χ2v) is 7.43. The van der Waals surface area contributed by atoms with Gasteiger partial charge in [0.25, 0.3) is 5.91 Å². The Morgan fingerprint density at radius 2 is 2.14 bits per heavy atom. The predicted octanol–water partition coefficient (Wildman–Crippen LogP) is 2.03. The zero-order chi connectivity index (χ0) is 16.1. The molecule has 0 saturated heterocycles. The van der Waals surface area contributed by atoms with E-state index in [-0.39, 0.29) is 17.9 Å². The third kappa shape index (κ3) is 4.67. The number of imidazole rings is 1. The summed E-state index contributed by atoms with van der Waals surface area (Å²) in [6.45, 7) is 4.20. The van der Waals surface area contributed by atoms with Crippen LogP contribution in [0.1, 0.15) is 23.5 Å². The van der Waals surface area contributed by atoms with Gasteiger partial charge in [-0.05, 0) is 41.9 Å². The average Bonchev–Trinajstić information content (AvgIpc) is 3.10. The van der Waals surface area contributed by atoms with Gasteiger partial charge in [0.05, 0.1) is 15.0 Å². The molecule has 2 rings (SSSR count). The van der Waals surface area contributed by atoms with E-state index in [0.29, 0.717) is 11.4 Å². The van der Waals surface area contributed by atoms with Crippen molar-refractivity contribution in [2.24, 2.45) is 0 Å². The van der Waals surface area contributed by atoms with E-state index in [1.165, 1.54) is 11.3 Å². The van der Waals surface area contributed by atoms with Gasteiger partial charge in [0.1, 0.15) is 6.04 Å². The molecule has 2 N–H and O–H groups in total. The highest BCUT2D eigenvalue weighted by molar-refractivity contribution is 9.11. The summed E-state index contributed by atoms with van der Waals surface area (Å²) in [5.41, 5.74) is 0. The molecule has 2 unspecified atom stereocenters. The number of rotatable bonds is 6. The van der Waals surface area contributed by atoms with Crippen molar-refractivity contribution in [2.45, 2.75) is 32.5 Å². The normalized spacial score (nSPS) is 13.4. The van der Waals surface area contributed by atoms with Crippen molar-refractivity contribution in [2.75, 3.05) is 0 Å². The molecule has 2 aromatic rings. The lowest BCUT2D eigenvalue weighted by Gasteiger charge is -2.18. The molecule has 2 atom stereocenters. The molecule has 22 heavy (non-hydrogen) atoms. The zero-order valence-electron chi connectivity index (χ0n) is 12.2. The maximum atomic E-state index is 12.1. The molecule has 118 valence electrons. The summed E-state index contributed by atoms with van der Waals surface area (Å²) in [6, 6.07) is 2.86. The topological polar surface area (TPSA) is 76.0 Å². The second kappa shape index (κ2) is 7.55. The Morgan fingerprint density at radius 1 is 1.36 bits per heavy atom. The van der Waals surface area contributed by atoms with Crippen LogP contribution in [0.25, 0.3) is 0 Å². The number of nitrogens with one attached hydrogen (secondary N) is 2. The van der Waals surface area contributed by atoms with E-state index in [1.54, 1.807) is 31.6 Å². The average molecular weight is 385 g/mol. The molecule has 6 nitrogen and oxygen atoms in total. The van der Waals surface area contributed by atoms with Crippen LogP contribution >= 0.6 is 27.3 Å². The fourth-order valence-corrected chi connectivity index (χ4v) is 3.18. The van der Waals surface area contributed by atoms with Gasteiger partial charge in [-0.3, -0.25) is 9.59 Å². The lowest BCUT2D eigenvalue weighted by molar-refractivity contribution is -0.123. The van der Waals surface area contributed by atoms with Crippen LogP contribution in [0, 0.1) is 0 Å². The van der Waals surface area contributed by atoms with Crippen LogP contribution in [0.15, 0.2) is 34.6 Å². The van der Waals surface area contributed by atoms with Gasteiger partial charge in [-0.15, -0.1) is 11.3 Å². The Labute approximate surface area is 141 Å². The van der Waals surface area contributed by atoms with Crippen LogP contribution in [0.3, 0.4) is 0 Å². The molecule has 0 aromatic carbocycles. The standard InChI is InChI=1S/C14H17BrN4O2S/c1-9(7-19-6-5-16-8-19)17-13(20)10(2)18-14(21)11-3-4-12(15)22-11/h3-6,8-10H,7H2,1-2H3,(H,17,20)(H,18,21). The van der Waals surface area contributed by atoms with Crippen LogP contribution in [0.2, 0.25) is 0 Å². The number of aromatic nitrogens is 2. The molecule has 8 heteroatoms. The Morgan fingerprint density at radius 3 is 2.73 bits per heavy atom. The minimum atomic E-state index is -0.599. The molecule has 2 heterocycles. The second-order valence-electron chi connectivity index (χ2n) is 4.97. The van der Waals surface area contributed by atoms with E-state index in [9.17, 15) is 9.59 Å². The monoisotopic (exact) mass is 384 g/mol. The van der Waals surface area contributed by atoms with Crippen molar-refractivity contribution in [3.63, 3.8) is 0 Å². The third-order valence-electron chi connectivity index (χ3n) is 2.97. The number of hydrogen-bond donors (Lipinski definition) is 2. The summed E-state index contributed by atoms with van der Waals surface area (Å²) >= 11 is 4.64. The van der Waals surface area contributed by atoms with E-state index in [1.807, 2.05) is 17.7 Å². The first-order valence-electron chi connectivity index (χ1n) is 6.78. The van der Waals surface area contributed by atoms with E-state index < -0.39 is 6.04 Å². The van der Waals surface area contributed by atoms with Crippen molar-refractivity contribution >= 4 is 39.1 Å². The van der Waals surface area contributed by atoms with Crippen LogP contribution in [0.5, 0.6) is 0 Å². The van der Waals surface area contributed by atoms with E-state index in [4.69, 9.17) is 0 Å². The maximum absolute atomic E-state index is 12.1. The fourth-order valence-electron chi connectivity index (χ4n) is 1.89. The first-order chi connectivity index (χ1) is 10.5. The first-order valence-corrected chi connectivity index (χ1v) is 8.39. The fraction of sp³-hybridized carbons (Fsp3) is 0.357. The van der Waals surface area contributed by atoms with Gasteiger partial charge < -0.3 is 15.2 Å². The lowest BCUT2D eigenvalue weighted by atomic mass is 10.2. The molecular formula is C14H17BrN4O2S. The van der Waals surface area contributed by atoms with Crippen LogP contribution < -0.4 is 10.6 Å². The van der Waals surface area contributed by atoms with Gasteiger partial charge in [-0.1, -0.05) is 0 Å². The first kappa shape index (κ1) is 16.7. The van der Waals surface area contributed by atoms with Crippen LogP contribution in [-0.2, 0) is 11.3 Å². The molecule has 0 spiro atoms. The Hall–Kier alpha value is -1.67. The molecule has 0 aliphatic carbocycles. The molecule has 0 aliphatic heterocycles. The van der Waals surface area contributed by atoms with E-state index >= 15 is 0 Å². The smallest absolute Gasteiger partial charge is 0.262 e. The number of nitrogens with zero attached hydrogens (tertiary/aromatic N) is 2. The SMILES string of the molecule is CC(Cn1ccnc1)NC(=O)C(C)NC(=O)c1ccc(Br)s1. The van der Waals surface area contributed by atoms with Gasteiger partial charge >= 0.3 is 0 Å². The van der Waals surface area contributed by atoms with Gasteiger partial charge in [0.15, 0.2) is 0 Å². The number of thiophene rings is 1. The molecule has 2 aromatic heterocycles. The minimum absolute atomic E-state index is 0.0584. The van der Waals surface area contributed by atoms with Crippen molar-refractivity contribution in [3.8, 4) is 0 Å². The van der Waals surface area contributed by atoms with Crippen molar-refractivity contribution in [1.29, 1.82) is 0 Å². The summed E-state index contributed by atoms with van der Waals surface area (Å²) in [5.74, 6) is -0.461. The Bertz CT molecular complexity index is 641. The quantitative estimate of drug-likeness (QED) is 0.799. The van der Waals surface area contributed by atoms with Crippen LogP contribution in [0.4, 0.5) is 0 Å². The van der Waals surface area contributed by atoms with Crippen LogP contribution in [-0.4, -0.2) is 33.4 Å². The predicted molar refractivity (Wildman–Crippen MR) is 88.8 cm³/mol. The number of carbonyl (C=O) groups is 2. The van der Waals surface area contributed by atoms with E-state index in [0.717, 1.165) is 3.79 Å². The molecule has 0 fully saturated rings. The summed E-state index contributed by atoms with van der Waals surface area (Å²) < 4.78 is 2.76. The molecule has 0 bridgehead atoms. The summed E-state index contributed by atoms with van der Waals surface area (Å²) in [5, 5.41) is 5.56. The molecule has 0 saturated carbocycles. The number of halogens is 1. The van der Waals surface area contributed by atoms with Gasteiger partial charge in [0, 0.05) is 25.0 Å². The molecular weight excluding hydrogens is 368 g/mol. The number of hydrogen-bond acceptors (Lipinski definition) is 4. The van der Waals surface area contributed by atoms with Crippen molar-refractivity contribution < 1.29 is 9.59 Å². The lowest BCUT2D eigenvalue weighted by Crippen LogP contribution is -2.48. The highest BCUT2D eigenvalue weighted by Crippen LogP contribution is 2.21. The number of carbonyl (C=O) groups excluding carboxylic acids is 2. The Kier molecular flexibility index (Phi) is 5.73. The van der Waals surface area contributed by atoms with Crippen molar-refractivity contribution in [3.05, 3.63) is 39.5 Å². The molecule has 0 radical (unpaired) electrons. The zero-order valence-corrected chi connectivity index (χ0v) is 14.6. The third-order valence-corrected chi connectivity index (χ3v) is 4.59. The van der Waals surface area contributed by atoms with Gasteiger partial charge in [0.2, 0.25) is 5.91 Å². The summed E-state index contributed by atoms with van der Waals surface area (Å²) in [7, 11) is 0. The maximum Gasteiger partial charge on any atom is 0.262 e. The summed E-state index contributed by atoms with van der Waals surface area (Å²) in [4.78, 5) is 28.6. The minimum Gasteiger partial charge on any atom is -0.350 e. The van der Waals surface area contributed by atoms with Crippen molar-refractivity contribution in [1.82, 2.24) is 20.2 Å². The highest BCUT2D eigenvalue weighted by atomic mass is 79.9. The highest BCUT2D eigenvalue weighted by Gasteiger charge is 2.19. The van der Waals surface area contributed by atoms with Gasteiger partial charge in [-0.25, -0.2) is 4.98 Å². The summed E-state index contributed by atoms with van der Waals surface area (Å²) in [6.07, 6.45) is 5.22.